The van der Waals surface area contributed by atoms with Crippen LogP contribution in [0.4, 0.5) is 0 Å². The average Bonchev–Trinajstić information content (AvgIpc) is 3.15. The van der Waals surface area contributed by atoms with Crippen molar-refractivity contribution in [3.63, 3.8) is 0 Å². The van der Waals surface area contributed by atoms with Gasteiger partial charge in [-0.05, 0) is 6.92 Å². The zero-order chi connectivity index (χ0) is 89.4. The largest absolute Gasteiger partial charge is 1.00 e. The summed E-state index contributed by atoms with van der Waals surface area (Å²) in [6.45, 7) is 27.0. The molecule has 0 saturated heterocycles. The Morgan fingerprint density at radius 3 is 0.119 bits per heavy atom. The van der Waals surface area contributed by atoms with Gasteiger partial charge in [-0.1, -0.05) is 0 Å². The number of carbonyl (C=O) groups excluding carboxylic acids is 1. The Morgan fingerprint density at radius 2 is 0.119 bits per heavy atom. The van der Waals surface area contributed by atoms with Gasteiger partial charge in [-0.2, -0.15) is 0 Å². The van der Waals surface area contributed by atoms with Crippen molar-refractivity contribution in [1.29, 1.82) is 0 Å². The van der Waals surface area contributed by atoms with Crippen molar-refractivity contribution in [2.75, 3.05) is 0 Å². The molecule has 0 fully saturated rings. The Kier molecular flexibility index (Phi) is 288. The van der Waals surface area contributed by atoms with E-state index in [0.717, 1.165) is 173 Å². The standard InChI is InChI=1S/25C2H4O2.Na/c25*1-2(3)4;/h25*1H3,(H,3,4);/q;;;;;;;;;;;;;;;;;;;;;;;;;+1/p-1. The van der Waals surface area contributed by atoms with Crippen molar-refractivity contribution in [2.45, 2.75) is 173 Å². The molecule has 0 amide bonds. The molecular formula is C50H99NaO50. The van der Waals surface area contributed by atoms with Crippen LogP contribution in [-0.4, -0.2) is 272 Å². The van der Waals surface area contributed by atoms with Gasteiger partial charge in [0.2, 0.25) is 0 Å². The SMILES string of the molecule is CC(=O)O.CC(=O)O.CC(=O)O.CC(=O)O.CC(=O)O.CC(=O)O.CC(=O)O.CC(=O)O.CC(=O)O.CC(=O)O.CC(=O)O.CC(=O)O.CC(=O)O.CC(=O)O.CC(=O)O.CC(=O)O.CC(=O)O.CC(=O)O.CC(=O)O.CC(=O)O.CC(=O)O.CC(=O)O.CC(=O)O.CC(=O)O.CC(=O)[O-].[Na+]. The molecule has 0 saturated carbocycles. The van der Waals surface area contributed by atoms with E-state index in [0.29, 0.717) is 0 Å². The zero-order valence-corrected chi connectivity index (χ0v) is 61.8. The van der Waals surface area contributed by atoms with Crippen molar-refractivity contribution < 1.29 is 277 Å². The van der Waals surface area contributed by atoms with Crippen LogP contribution in [0.25, 0.3) is 0 Å². The Morgan fingerprint density at radius 1 is 0.119 bits per heavy atom. The van der Waals surface area contributed by atoms with Crippen LogP contribution >= 0.6 is 0 Å². The maximum absolute atomic E-state index is 9.00. The minimum atomic E-state index is -1.08. The molecular weight excluding hydrogens is 1420 g/mol. The molecule has 0 aliphatic heterocycles. The molecule has 51 heteroatoms. The van der Waals surface area contributed by atoms with E-state index in [4.69, 9.17) is 248 Å². The molecule has 101 heavy (non-hydrogen) atoms. The Balaban J connectivity index is -0.0000000242. The van der Waals surface area contributed by atoms with Crippen molar-refractivity contribution in [3.05, 3.63) is 0 Å². The quantitative estimate of drug-likeness (QED) is 0.116. The summed E-state index contributed by atoms with van der Waals surface area (Å²) in [5.74, 6) is -21.1. The second kappa shape index (κ2) is 168. The Hall–Kier alpha value is -12.2. The molecule has 0 spiro atoms. The predicted octanol–water partition coefficient (Wildman–Crippen LogP) is -2.06. The van der Waals surface area contributed by atoms with E-state index in [1.54, 1.807) is 0 Å². The summed E-state index contributed by atoms with van der Waals surface area (Å²) in [5, 5.41) is 187. The molecule has 600 valence electrons. The summed E-state index contributed by atoms with van der Waals surface area (Å²) in [6.07, 6.45) is 0. The van der Waals surface area contributed by atoms with Gasteiger partial charge in [-0.3, -0.25) is 115 Å². The van der Waals surface area contributed by atoms with Gasteiger partial charge in [0.1, 0.15) is 0 Å². The van der Waals surface area contributed by atoms with Gasteiger partial charge in [0.15, 0.2) is 0 Å². The van der Waals surface area contributed by atoms with Gasteiger partial charge in [-0.15, -0.1) is 0 Å². The maximum atomic E-state index is 9.00. The Bertz CT molecular complexity index is 1380. The third kappa shape index (κ3) is 4300. The normalized spacial score (nSPS) is 6.19. The molecule has 50 nitrogen and oxygen atoms in total. The predicted molar refractivity (Wildman–Crippen MR) is 330 cm³/mol. The number of hydrogen-bond donors (Lipinski definition) is 24. The van der Waals surface area contributed by atoms with Crippen LogP contribution in [-0.2, 0) is 120 Å². The fourth-order valence-electron chi connectivity index (χ4n) is 0. The molecule has 0 atom stereocenters. The molecule has 0 aliphatic rings. The minimum Gasteiger partial charge on any atom is -0.550 e. The topological polar surface area (TPSA) is 935 Å². The van der Waals surface area contributed by atoms with E-state index in [9.17, 15) is 0 Å². The van der Waals surface area contributed by atoms with E-state index in [1.165, 1.54) is 0 Å². The summed E-state index contributed by atoms with van der Waals surface area (Å²) < 4.78 is 0. The maximum Gasteiger partial charge on any atom is 1.00 e. The smallest absolute Gasteiger partial charge is 0.550 e. The molecule has 0 aromatic heterocycles. The summed E-state index contributed by atoms with van der Waals surface area (Å²) in [6, 6.07) is 0. The number of carboxylic acids is 25. The van der Waals surface area contributed by atoms with E-state index < -0.39 is 149 Å². The molecule has 0 rings (SSSR count). The van der Waals surface area contributed by atoms with Crippen molar-refractivity contribution in [1.82, 2.24) is 0 Å². The van der Waals surface area contributed by atoms with E-state index in [2.05, 4.69) is 0 Å². The van der Waals surface area contributed by atoms with Crippen molar-refractivity contribution >= 4 is 149 Å². The molecule has 0 bridgehead atoms. The van der Waals surface area contributed by atoms with Crippen LogP contribution in [0, 0.1) is 0 Å². The van der Waals surface area contributed by atoms with Gasteiger partial charge in [0.25, 0.3) is 143 Å². The van der Waals surface area contributed by atoms with Crippen molar-refractivity contribution in [3.8, 4) is 0 Å². The van der Waals surface area contributed by atoms with Crippen molar-refractivity contribution in [2.24, 2.45) is 0 Å². The Labute approximate surface area is 597 Å². The third-order valence-corrected chi connectivity index (χ3v) is 0. The van der Waals surface area contributed by atoms with E-state index in [-0.39, 0.29) is 29.6 Å². The van der Waals surface area contributed by atoms with Crippen LogP contribution in [0.2, 0.25) is 0 Å². The van der Waals surface area contributed by atoms with Crippen LogP contribution in [0.15, 0.2) is 0 Å². The van der Waals surface area contributed by atoms with Gasteiger partial charge >= 0.3 is 29.6 Å². The number of carbonyl (C=O) groups is 25. The second-order valence-electron chi connectivity index (χ2n) is 12.9. The zero-order valence-electron chi connectivity index (χ0n) is 59.8. The number of carboxylic acid groups (broad SMARTS) is 25. The van der Waals surface area contributed by atoms with Gasteiger partial charge in [0, 0.05) is 172 Å². The van der Waals surface area contributed by atoms with Gasteiger partial charge in [0.05, 0.1) is 0 Å². The fraction of sp³-hybridized carbons (Fsp3) is 0.500. The third-order valence-electron chi connectivity index (χ3n) is 0. The summed E-state index contributed by atoms with van der Waals surface area (Å²) in [7, 11) is 0. The number of aliphatic carboxylic acids is 25. The number of rotatable bonds is 0. The first-order valence-corrected chi connectivity index (χ1v) is 23.2. The first-order valence-electron chi connectivity index (χ1n) is 23.2. The minimum absolute atomic E-state index is 0. The average molecular weight is 1520 g/mol. The van der Waals surface area contributed by atoms with Crippen LogP contribution < -0.4 is 34.7 Å². The molecule has 0 aliphatic carbocycles. The van der Waals surface area contributed by atoms with E-state index >= 15 is 0 Å². The summed E-state index contributed by atoms with van der Waals surface area (Å²) in [5.41, 5.74) is 0. The van der Waals surface area contributed by atoms with Crippen LogP contribution in [0.1, 0.15) is 173 Å². The monoisotopic (exact) mass is 1520 g/mol. The van der Waals surface area contributed by atoms with Gasteiger partial charge in [-0.25, -0.2) is 0 Å². The van der Waals surface area contributed by atoms with Crippen LogP contribution in [0.3, 0.4) is 0 Å². The molecule has 0 aromatic rings. The summed E-state index contributed by atoms with van der Waals surface area (Å²) >= 11 is 0. The first kappa shape index (κ1) is 174. The van der Waals surface area contributed by atoms with E-state index in [1.807, 2.05) is 0 Å². The summed E-state index contributed by atoms with van der Waals surface area (Å²) in [4.78, 5) is 225. The molecule has 24 N–H and O–H groups in total. The molecule has 0 unspecified atom stereocenters. The molecule has 0 heterocycles. The first-order chi connectivity index (χ1) is 43.3. The van der Waals surface area contributed by atoms with Crippen LogP contribution in [0.5, 0.6) is 0 Å². The number of hydrogen-bond acceptors (Lipinski definition) is 26. The molecule has 0 radical (unpaired) electrons. The van der Waals surface area contributed by atoms with Gasteiger partial charge < -0.3 is 132 Å². The molecule has 0 aromatic carbocycles. The second-order valence-corrected chi connectivity index (χ2v) is 12.9. The fourth-order valence-corrected chi connectivity index (χ4v) is 0.